The van der Waals surface area contributed by atoms with E-state index in [0.717, 1.165) is 0 Å². The first-order chi connectivity index (χ1) is 10.5. The van der Waals surface area contributed by atoms with Crippen LogP contribution in [0.1, 0.15) is 35.1 Å². The maximum atomic E-state index is 12.1. The van der Waals surface area contributed by atoms with Crippen LogP contribution in [0.15, 0.2) is 41.8 Å². The molecule has 5 heteroatoms. The number of hydrogen-bond donors (Lipinski definition) is 1. The Morgan fingerprint density at radius 1 is 1.27 bits per heavy atom. The third kappa shape index (κ3) is 4.26. The molecule has 22 heavy (non-hydrogen) atoms. The highest BCUT2D eigenvalue weighted by Gasteiger charge is 2.15. The average molecular weight is 316 g/mol. The van der Waals surface area contributed by atoms with Gasteiger partial charge in [0.2, 0.25) is 5.91 Å². The monoisotopic (exact) mass is 316 g/mol. The van der Waals surface area contributed by atoms with E-state index < -0.39 is 0 Å². The zero-order valence-corrected chi connectivity index (χ0v) is 13.8. The molecule has 1 aromatic carbocycles. The lowest BCUT2D eigenvalue weighted by Gasteiger charge is -2.23. The highest BCUT2D eigenvalue weighted by molar-refractivity contribution is 7.10. The van der Waals surface area contributed by atoms with Gasteiger partial charge in [0, 0.05) is 22.2 Å². The molecule has 0 radical (unpaired) electrons. The summed E-state index contributed by atoms with van der Waals surface area (Å²) >= 11 is 1.68. The van der Waals surface area contributed by atoms with Gasteiger partial charge in [-0.05, 0) is 44.5 Å². The number of hydrogen-bond acceptors (Lipinski definition) is 4. The summed E-state index contributed by atoms with van der Waals surface area (Å²) in [6.45, 7) is 3.89. The lowest BCUT2D eigenvalue weighted by molar-refractivity contribution is -0.117. The minimum absolute atomic E-state index is 0.0143. The molecule has 1 amide bonds. The SMILES string of the molecule is CC(=O)c1cccc(NC(=O)CN(C)C(C)c2cccs2)c1. The van der Waals surface area contributed by atoms with E-state index >= 15 is 0 Å². The van der Waals surface area contributed by atoms with Crippen LogP contribution in [-0.4, -0.2) is 30.2 Å². The van der Waals surface area contributed by atoms with Crippen molar-refractivity contribution in [3.8, 4) is 0 Å². The third-order valence-electron chi connectivity index (χ3n) is 3.56. The van der Waals surface area contributed by atoms with Crippen LogP contribution in [0.3, 0.4) is 0 Å². The first-order valence-electron chi connectivity index (χ1n) is 7.12. The predicted octanol–water partition coefficient (Wildman–Crippen LogP) is 3.58. The van der Waals surface area contributed by atoms with Crippen molar-refractivity contribution in [2.75, 3.05) is 18.9 Å². The molecule has 2 aromatic rings. The molecule has 0 aliphatic carbocycles. The summed E-state index contributed by atoms with van der Waals surface area (Å²) in [5, 5.41) is 4.87. The van der Waals surface area contributed by atoms with Gasteiger partial charge >= 0.3 is 0 Å². The molecule has 2 rings (SSSR count). The van der Waals surface area contributed by atoms with Crippen LogP contribution in [0, 0.1) is 0 Å². The standard InChI is InChI=1S/C17H20N2O2S/c1-12(16-8-5-9-22-16)19(3)11-17(21)18-15-7-4-6-14(10-15)13(2)20/h4-10,12H,11H2,1-3H3,(H,18,21). The topological polar surface area (TPSA) is 49.4 Å². The fourth-order valence-electron chi connectivity index (χ4n) is 2.13. The molecule has 1 heterocycles. The number of rotatable bonds is 6. The largest absolute Gasteiger partial charge is 0.325 e. The number of thiophene rings is 1. The van der Waals surface area contributed by atoms with Crippen molar-refractivity contribution in [2.24, 2.45) is 0 Å². The smallest absolute Gasteiger partial charge is 0.238 e. The fourth-order valence-corrected chi connectivity index (χ4v) is 2.97. The van der Waals surface area contributed by atoms with Crippen LogP contribution in [-0.2, 0) is 4.79 Å². The molecule has 1 N–H and O–H groups in total. The number of ketones is 1. The molecule has 1 atom stereocenters. The Hall–Kier alpha value is -1.98. The van der Waals surface area contributed by atoms with Gasteiger partial charge in [0.05, 0.1) is 6.54 Å². The van der Waals surface area contributed by atoms with Crippen LogP contribution in [0.5, 0.6) is 0 Å². The first kappa shape index (κ1) is 16.4. The molecular weight excluding hydrogens is 296 g/mol. The highest BCUT2D eigenvalue weighted by atomic mass is 32.1. The molecular formula is C17H20N2O2S. The van der Waals surface area contributed by atoms with Crippen molar-refractivity contribution in [1.29, 1.82) is 0 Å². The second-order valence-electron chi connectivity index (χ2n) is 5.29. The molecule has 4 nitrogen and oxygen atoms in total. The van der Waals surface area contributed by atoms with Crippen LogP contribution in [0.25, 0.3) is 0 Å². The minimum atomic E-state index is -0.0911. The summed E-state index contributed by atoms with van der Waals surface area (Å²) < 4.78 is 0. The third-order valence-corrected chi connectivity index (χ3v) is 4.60. The average Bonchev–Trinajstić information content (AvgIpc) is 3.00. The van der Waals surface area contributed by atoms with Crippen molar-refractivity contribution in [2.45, 2.75) is 19.9 Å². The number of nitrogens with zero attached hydrogens (tertiary/aromatic N) is 1. The molecule has 0 aliphatic heterocycles. The number of amides is 1. The second kappa shape index (κ2) is 7.33. The number of nitrogens with one attached hydrogen (secondary N) is 1. The first-order valence-corrected chi connectivity index (χ1v) is 8.00. The van der Waals surface area contributed by atoms with Crippen LogP contribution in [0.2, 0.25) is 0 Å². The van der Waals surface area contributed by atoms with E-state index in [4.69, 9.17) is 0 Å². The fraction of sp³-hybridized carbons (Fsp3) is 0.294. The van der Waals surface area contributed by atoms with E-state index in [1.54, 1.807) is 35.6 Å². The number of anilines is 1. The number of benzene rings is 1. The zero-order valence-electron chi connectivity index (χ0n) is 13.0. The molecule has 0 saturated carbocycles. The van der Waals surface area contributed by atoms with Gasteiger partial charge < -0.3 is 5.32 Å². The quantitative estimate of drug-likeness (QED) is 0.829. The number of likely N-dealkylation sites (N-methyl/N-ethyl adjacent to an activating group) is 1. The Morgan fingerprint density at radius 3 is 2.68 bits per heavy atom. The zero-order chi connectivity index (χ0) is 16.1. The second-order valence-corrected chi connectivity index (χ2v) is 6.27. The van der Waals surface area contributed by atoms with E-state index in [9.17, 15) is 9.59 Å². The van der Waals surface area contributed by atoms with Gasteiger partial charge in [0.15, 0.2) is 5.78 Å². The van der Waals surface area contributed by atoms with Gasteiger partial charge in [-0.25, -0.2) is 0 Å². The summed E-state index contributed by atoms with van der Waals surface area (Å²) in [6.07, 6.45) is 0. The maximum absolute atomic E-state index is 12.1. The van der Waals surface area contributed by atoms with E-state index in [1.165, 1.54) is 11.8 Å². The molecule has 0 spiro atoms. The Balaban J connectivity index is 1.95. The van der Waals surface area contributed by atoms with Gasteiger partial charge in [-0.2, -0.15) is 0 Å². The molecule has 1 aromatic heterocycles. The lowest BCUT2D eigenvalue weighted by atomic mass is 10.1. The van der Waals surface area contributed by atoms with Crippen molar-refractivity contribution in [3.63, 3.8) is 0 Å². The van der Waals surface area contributed by atoms with Gasteiger partial charge in [-0.15, -0.1) is 11.3 Å². The number of carbonyl (C=O) groups is 2. The number of carbonyl (C=O) groups excluding carboxylic acids is 2. The normalized spacial score (nSPS) is 12.2. The molecule has 0 bridgehead atoms. The van der Waals surface area contributed by atoms with E-state index in [-0.39, 0.29) is 17.7 Å². The summed E-state index contributed by atoms with van der Waals surface area (Å²) in [7, 11) is 1.93. The van der Waals surface area contributed by atoms with Gasteiger partial charge in [-0.1, -0.05) is 18.2 Å². The minimum Gasteiger partial charge on any atom is -0.325 e. The number of Topliss-reactive ketones (excluding diaryl/α,β-unsaturated/α-hetero) is 1. The van der Waals surface area contributed by atoms with Gasteiger partial charge in [0.1, 0.15) is 0 Å². The molecule has 116 valence electrons. The molecule has 1 unspecified atom stereocenters. The van der Waals surface area contributed by atoms with E-state index in [1.807, 2.05) is 23.4 Å². The van der Waals surface area contributed by atoms with Gasteiger partial charge in [0.25, 0.3) is 0 Å². The summed E-state index contributed by atoms with van der Waals surface area (Å²) in [6, 6.07) is 11.3. The van der Waals surface area contributed by atoms with E-state index in [0.29, 0.717) is 17.8 Å². The Kier molecular flexibility index (Phi) is 5.46. The molecule has 0 aliphatic rings. The van der Waals surface area contributed by atoms with Crippen LogP contribution >= 0.6 is 11.3 Å². The highest BCUT2D eigenvalue weighted by Crippen LogP contribution is 2.23. The Bertz CT molecular complexity index is 652. The van der Waals surface area contributed by atoms with Crippen LogP contribution < -0.4 is 5.32 Å². The summed E-state index contributed by atoms with van der Waals surface area (Å²) in [5.74, 6) is -0.105. The van der Waals surface area contributed by atoms with Crippen LogP contribution in [0.4, 0.5) is 5.69 Å². The van der Waals surface area contributed by atoms with Crippen molar-refractivity contribution >= 4 is 28.7 Å². The van der Waals surface area contributed by atoms with Crippen molar-refractivity contribution in [3.05, 3.63) is 52.2 Å². The Morgan fingerprint density at radius 2 is 2.05 bits per heavy atom. The maximum Gasteiger partial charge on any atom is 0.238 e. The summed E-state index contributed by atoms with van der Waals surface area (Å²) in [5.41, 5.74) is 1.24. The Labute approximate surface area is 134 Å². The lowest BCUT2D eigenvalue weighted by Crippen LogP contribution is -2.31. The summed E-state index contributed by atoms with van der Waals surface area (Å²) in [4.78, 5) is 26.7. The van der Waals surface area contributed by atoms with Crippen molar-refractivity contribution < 1.29 is 9.59 Å². The predicted molar refractivity (Wildman–Crippen MR) is 90.4 cm³/mol. The molecule has 0 saturated heterocycles. The van der Waals surface area contributed by atoms with Gasteiger partial charge in [-0.3, -0.25) is 14.5 Å². The van der Waals surface area contributed by atoms with E-state index in [2.05, 4.69) is 18.3 Å². The molecule has 0 fully saturated rings. The van der Waals surface area contributed by atoms with Crippen molar-refractivity contribution in [1.82, 2.24) is 4.90 Å².